The SMILES string of the molecule is Cl.O=S(=O)(c1ccc(C(F)(F)F)cc1)C1CCCNC1. The van der Waals surface area contributed by atoms with Gasteiger partial charge in [0, 0.05) is 6.54 Å². The van der Waals surface area contributed by atoms with E-state index >= 15 is 0 Å². The summed E-state index contributed by atoms with van der Waals surface area (Å²) in [6, 6.07) is 3.69. The summed E-state index contributed by atoms with van der Waals surface area (Å²) >= 11 is 0. The number of benzene rings is 1. The Labute approximate surface area is 121 Å². The van der Waals surface area contributed by atoms with E-state index < -0.39 is 26.8 Å². The van der Waals surface area contributed by atoms with Gasteiger partial charge >= 0.3 is 6.18 Å². The van der Waals surface area contributed by atoms with Gasteiger partial charge in [0.15, 0.2) is 9.84 Å². The molecule has 1 heterocycles. The summed E-state index contributed by atoms with van der Waals surface area (Å²) in [6.45, 7) is 1.13. The third kappa shape index (κ3) is 3.65. The van der Waals surface area contributed by atoms with E-state index in [0.717, 1.165) is 37.2 Å². The fourth-order valence-electron chi connectivity index (χ4n) is 2.11. The van der Waals surface area contributed by atoms with E-state index in [1.54, 1.807) is 0 Å². The Hall–Kier alpha value is -0.790. The molecule has 0 spiro atoms. The number of sulfone groups is 1. The summed E-state index contributed by atoms with van der Waals surface area (Å²) in [6.07, 6.45) is -3.16. The number of hydrogen-bond donors (Lipinski definition) is 1. The Kier molecular flexibility index (Phi) is 5.46. The van der Waals surface area contributed by atoms with Crippen LogP contribution in [0.1, 0.15) is 18.4 Å². The van der Waals surface area contributed by atoms with Gasteiger partial charge in [-0.25, -0.2) is 8.42 Å². The molecule has 0 aromatic heterocycles. The number of piperidine rings is 1. The van der Waals surface area contributed by atoms with Gasteiger partial charge in [0.1, 0.15) is 0 Å². The van der Waals surface area contributed by atoms with Gasteiger partial charge in [-0.2, -0.15) is 13.2 Å². The van der Waals surface area contributed by atoms with Crippen LogP contribution in [0.15, 0.2) is 29.2 Å². The smallest absolute Gasteiger partial charge is 0.315 e. The molecule has 2 rings (SSSR count). The maximum absolute atomic E-state index is 12.4. The molecular weight excluding hydrogens is 315 g/mol. The Morgan fingerprint density at radius 3 is 2.20 bits per heavy atom. The van der Waals surface area contributed by atoms with Gasteiger partial charge in [-0.3, -0.25) is 0 Å². The predicted octanol–water partition coefficient (Wildman–Crippen LogP) is 2.65. The van der Waals surface area contributed by atoms with Crippen molar-refractivity contribution in [2.75, 3.05) is 13.1 Å². The summed E-state index contributed by atoms with van der Waals surface area (Å²) in [5.41, 5.74) is -0.840. The van der Waals surface area contributed by atoms with E-state index in [0.29, 0.717) is 13.0 Å². The van der Waals surface area contributed by atoms with Crippen LogP contribution in [0.3, 0.4) is 0 Å². The van der Waals surface area contributed by atoms with Gasteiger partial charge < -0.3 is 5.32 Å². The molecule has 1 unspecified atom stereocenters. The molecule has 1 aliphatic heterocycles. The van der Waals surface area contributed by atoms with E-state index in [4.69, 9.17) is 0 Å². The van der Waals surface area contributed by atoms with Crippen molar-refractivity contribution in [3.63, 3.8) is 0 Å². The maximum atomic E-state index is 12.4. The van der Waals surface area contributed by atoms with Crippen molar-refractivity contribution < 1.29 is 21.6 Å². The minimum Gasteiger partial charge on any atom is -0.315 e. The molecule has 0 bridgehead atoms. The predicted molar refractivity (Wildman–Crippen MR) is 71.8 cm³/mol. The minimum atomic E-state index is -4.45. The van der Waals surface area contributed by atoms with E-state index in [1.807, 2.05) is 0 Å². The summed E-state index contributed by atoms with van der Waals surface area (Å²) < 4.78 is 61.7. The molecule has 0 aliphatic carbocycles. The summed E-state index contributed by atoms with van der Waals surface area (Å²) in [7, 11) is -3.55. The Balaban J connectivity index is 0.00000200. The molecule has 0 saturated carbocycles. The zero-order valence-corrected chi connectivity index (χ0v) is 12.1. The van der Waals surface area contributed by atoms with Gasteiger partial charge in [-0.1, -0.05) is 0 Å². The second-order valence-electron chi connectivity index (χ2n) is 4.54. The van der Waals surface area contributed by atoms with Crippen LogP contribution in [0.25, 0.3) is 0 Å². The van der Waals surface area contributed by atoms with E-state index in [2.05, 4.69) is 5.32 Å². The highest BCUT2D eigenvalue weighted by Crippen LogP contribution is 2.30. The number of alkyl halides is 3. The maximum Gasteiger partial charge on any atom is 0.416 e. The van der Waals surface area contributed by atoms with Crippen LogP contribution in [-0.2, 0) is 16.0 Å². The van der Waals surface area contributed by atoms with Crippen LogP contribution in [0.2, 0.25) is 0 Å². The standard InChI is InChI=1S/C12H14F3NO2S.ClH/c13-12(14,15)9-3-5-10(6-4-9)19(17,18)11-2-1-7-16-8-11;/h3-6,11,16H,1-2,7-8H2;1H. The van der Waals surface area contributed by atoms with Crippen LogP contribution in [-0.4, -0.2) is 26.8 Å². The molecule has 1 atom stereocenters. The lowest BCUT2D eigenvalue weighted by Gasteiger charge is -2.23. The number of hydrogen-bond acceptors (Lipinski definition) is 3. The van der Waals surface area contributed by atoms with Crippen molar-refractivity contribution >= 4 is 22.2 Å². The molecule has 114 valence electrons. The van der Waals surface area contributed by atoms with Crippen molar-refractivity contribution in [1.29, 1.82) is 0 Å². The van der Waals surface area contributed by atoms with Crippen LogP contribution in [0.5, 0.6) is 0 Å². The molecule has 1 aromatic rings. The molecule has 0 radical (unpaired) electrons. The van der Waals surface area contributed by atoms with Crippen LogP contribution in [0, 0.1) is 0 Å². The molecular formula is C12H15ClF3NO2S. The number of halogens is 4. The normalized spacial score (nSPS) is 20.2. The van der Waals surface area contributed by atoms with Crippen LogP contribution in [0.4, 0.5) is 13.2 Å². The summed E-state index contributed by atoms with van der Waals surface area (Å²) in [5, 5.41) is 2.43. The van der Waals surface area contributed by atoms with Crippen LogP contribution < -0.4 is 5.32 Å². The number of rotatable bonds is 2. The monoisotopic (exact) mass is 329 g/mol. The molecule has 1 N–H and O–H groups in total. The lowest BCUT2D eigenvalue weighted by molar-refractivity contribution is -0.137. The number of nitrogens with one attached hydrogen (secondary N) is 1. The average molecular weight is 330 g/mol. The highest BCUT2D eigenvalue weighted by Gasteiger charge is 2.32. The molecule has 1 fully saturated rings. The van der Waals surface area contributed by atoms with Gasteiger partial charge in [0.25, 0.3) is 0 Å². The fraction of sp³-hybridized carbons (Fsp3) is 0.500. The van der Waals surface area contributed by atoms with Crippen molar-refractivity contribution in [2.45, 2.75) is 29.2 Å². The molecule has 0 amide bonds. The molecule has 20 heavy (non-hydrogen) atoms. The Bertz CT molecular complexity index is 537. The fourth-order valence-corrected chi connectivity index (χ4v) is 3.83. The average Bonchev–Trinajstić information content (AvgIpc) is 2.39. The first-order valence-corrected chi connectivity index (χ1v) is 7.48. The minimum absolute atomic E-state index is 0. The Morgan fingerprint density at radius 1 is 1.15 bits per heavy atom. The zero-order valence-electron chi connectivity index (χ0n) is 10.5. The molecule has 1 saturated heterocycles. The van der Waals surface area contributed by atoms with Crippen molar-refractivity contribution in [3.8, 4) is 0 Å². The van der Waals surface area contributed by atoms with Crippen molar-refractivity contribution in [2.24, 2.45) is 0 Å². The third-order valence-corrected chi connectivity index (χ3v) is 5.41. The highest BCUT2D eigenvalue weighted by atomic mass is 35.5. The molecule has 3 nitrogen and oxygen atoms in total. The first kappa shape index (κ1) is 17.3. The lowest BCUT2D eigenvalue weighted by Crippen LogP contribution is -2.38. The first-order valence-electron chi connectivity index (χ1n) is 5.94. The summed E-state index contributed by atoms with van der Waals surface area (Å²) in [4.78, 5) is -0.0470. The van der Waals surface area contributed by atoms with Crippen molar-refractivity contribution in [3.05, 3.63) is 29.8 Å². The van der Waals surface area contributed by atoms with Gasteiger partial charge in [-0.15, -0.1) is 12.4 Å². The second-order valence-corrected chi connectivity index (χ2v) is 6.76. The Morgan fingerprint density at radius 2 is 1.75 bits per heavy atom. The first-order chi connectivity index (χ1) is 8.82. The molecule has 1 aliphatic rings. The highest BCUT2D eigenvalue weighted by molar-refractivity contribution is 7.92. The van der Waals surface area contributed by atoms with Crippen LogP contribution >= 0.6 is 12.4 Å². The van der Waals surface area contributed by atoms with E-state index in [1.165, 1.54) is 0 Å². The quantitative estimate of drug-likeness (QED) is 0.907. The largest absolute Gasteiger partial charge is 0.416 e. The zero-order chi connectivity index (χ0) is 14.1. The van der Waals surface area contributed by atoms with Gasteiger partial charge in [0.2, 0.25) is 0 Å². The van der Waals surface area contributed by atoms with Crippen molar-refractivity contribution in [1.82, 2.24) is 5.32 Å². The van der Waals surface area contributed by atoms with Gasteiger partial charge in [0.05, 0.1) is 15.7 Å². The molecule has 1 aromatic carbocycles. The van der Waals surface area contributed by atoms with E-state index in [9.17, 15) is 21.6 Å². The third-order valence-electron chi connectivity index (χ3n) is 3.20. The molecule has 8 heteroatoms. The van der Waals surface area contributed by atoms with E-state index in [-0.39, 0.29) is 17.3 Å². The topological polar surface area (TPSA) is 46.2 Å². The van der Waals surface area contributed by atoms with Gasteiger partial charge in [-0.05, 0) is 43.7 Å². The lowest BCUT2D eigenvalue weighted by atomic mass is 10.2. The summed E-state index contributed by atoms with van der Waals surface area (Å²) in [5.74, 6) is 0. The second kappa shape index (κ2) is 6.32.